The molecule has 11 heteroatoms. The average Bonchev–Trinajstić information content (AvgIpc) is 3.53. The van der Waals surface area contributed by atoms with E-state index in [1.807, 2.05) is 6.08 Å². The van der Waals surface area contributed by atoms with Crippen LogP contribution in [0.15, 0.2) is 109 Å². The van der Waals surface area contributed by atoms with Gasteiger partial charge >= 0.3 is 5.97 Å². The number of allylic oxidation sites excluding steroid dienone is 17. The fourth-order valence-corrected chi connectivity index (χ4v) is 9.51. The van der Waals surface area contributed by atoms with Crippen molar-refractivity contribution in [2.75, 3.05) is 13.2 Å². The number of esters is 1. The van der Waals surface area contributed by atoms with E-state index < -0.39 is 67.4 Å². The first-order chi connectivity index (χ1) is 39.7. The van der Waals surface area contributed by atoms with Crippen LogP contribution in [0.4, 0.5) is 0 Å². The topological polar surface area (TPSA) is 175 Å². The zero-order valence-corrected chi connectivity index (χ0v) is 51.4. The lowest BCUT2D eigenvalue weighted by Gasteiger charge is -2.41. The smallest absolute Gasteiger partial charge is 0.306 e. The molecule has 1 heterocycles. The third-order valence-electron chi connectivity index (χ3n) is 14.7. The predicted octanol–water partition coefficient (Wildman–Crippen LogP) is 16.1. The number of rotatable bonds is 54. The second-order valence-corrected chi connectivity index (χ2v) is 22.1. The monoisotopic (exact) mass is 1130 g/mol. The van der Waals surface area contributed by atoms with Crippen molar-refractivity contribution in [3.8, 4) is 0 Å². The Morgan fingerprint density at radius 3 is 1.36 bits per heavy atom. The van der Waals surface area contributed by atoms with Gasteiger partial charge in [-0.25, -0.2) is 0 Å². The Kier molecular flexibility index (Phi) is 52.8. The molecule has 0 radical (unpaired) electrons. The Labute approximate surface area is 494 Å². The van der Waals surface area contributed by atoms with Gasteiger partial charge in [0.1, 0.15) is 24.4 Å². The summed E-state index contributed by atoms with van der Waals surface area (Å²) in [6, 6.07) is -1.04. The number of carbonyl (C=O) groups is 2. The van der Waals surface area contributed by atoms with Crippen molar-refractivity contribution >= 4 is 11.9 Å². The van der Waals surface area contributed by atoms with E-state index in [1.54, 1.807) is 6.08 Å². The van der Waals surface area contributed by atoms with Gasteiger partial charge in [0.2, 0.25) is 5.91 Å². The van der Waals surface area contributed by atoms with Crippen molar-refractivity contribution in [3.63, 3.8) is 0 Å². The number of carbonyl (C=O) groups excluding carboxylic acids is 2. The molecule has 0 aliphatic carbocycles. The van der Waals surface area contributed by atoms with E-state index in [-0.39, 0.29) is 19.4 Å². The summed E-state index contributed by atoms with van der Waals surface area (Å²) in [5.41, 5.74) is 0. The van der Waals surface area contributed by atoms with Gasteiger partial charge in [-0.2, -0.15) is 0 Å². The van der Waals surface area contributed by atoms with Crippen molar-refractivity contribution < 1.29 is 49.3 Å². The second kappa shape index (κ2) is 56.8. The van der Waals surface area contributed by atoms with Crippen molar-refractivity contribution in [1.29, 1.82) is 0 Å². The van der Waals surface area contributed by atoms with Crippen molar-refractivity contribution in [2.24, 2.45) is 0 Å². The fourth-order valence-electron chi connectivity index (χ4n) is 9.51. The number of ether oxygens (including phenoxy) is 3. The Bertz CT molecular complexity index is 1730. The van der Waals surface area contributed by atoms with E-state index in [0.717, 1.165) is 128 Å². The molecule has 0 aromatic rings. The van der Waals surface area contributed by atoms with Crippen LogP contribution in [0.5, 0.6) is 0 Å². The van der Waals surface area contributed by atoms with Gasteiger partial charge in [-0.3, -0.25) is 9.59 Å². The number of unbranched alkanes of at least 4 members (excludes halogenated alkanes) is 24. The molecular formula is C70H119NO10. The molecule has 0 aromatic heterocycles. The molecule has 464 valence electrons. The van der Waals surface area contributed by atoms with Crippen LogP contribution in [0.1, 0.15) is 258 Å². The summed E-state index contributed by atoms with van der Waals surface area (Å²) in [6.07, 6.45) is 66.8. The molecular weight excluding hydrogens is 1010 g/mol. The van der Waals surface area contributed by atoms with E-state index in [1.165, 1.54) is 83.5 Å². The Morgan fingerprint density at radius 1 is 0.494 bits per heavy atom. The highest BCUT2D eigenvalue weighted by Gasteiger charge is 2.47. The molecule has 1 aliphatic heterocycles. The maximum Gasteiger partial charge on any atom is 0.306 e. The molecule has 0 saturated carbocycles. The molecule has 8 atom stereocenters. The molecule has 1 rings (SSSR count). The van der Waals surface area contributed by atoms with E-state index in [9.17, 15) is 35.1 Å². The summed E-state index contributed by atoms with van der Waals surface area (Å²) in [5.74, 6) is -1.23. The lowest BCUT2D eigenvalue weighted by atomic mass is 9.99. The van der Waals surface area contributed by atoms with Crippen molar-refractivity contribution in [2.45, 2.75) is 307 Å². The highest BCUT2D eigenvalue weighted by molar-refractivity contribution is 5.80. The van der Waals surface area contributed by atoms with E-state index >= 15 is 0 Å². The zero-order chi connectivity index (χ0) is 58.9. The van der Waals surface area contributed by atoms with E-state index in [0.29, 0.717) is 12.8 Å². The van der Waals surface area contributed by atoms with E-state index in [4.69, 9.17) is 14.2 Å². The first-order valence-corrected chi connectivity index (χ1v) is 32.7. The molecule has 1 saturated heterocycles. The van der Waals surface area contributed by atoms with Gasteiger partial charge in [0.15, 0.2) is 12.4 Å². The lowest BCUT2D eigenvalue weighted by Crippen LogP contribution is -2.61. The highest BCUT2D eigenvalue weighted by atomic mass is 16.7. The lowest BCUT2D eigenvalue weighted by molar-refractivity contribution is -0.305. The zero-order valence-electron chi connectivity index (χ0n) is 51.4. The Hall–Kier alpha value is -3.68. The molecule has 6 N–H and O–H groups in total. The first-order valence-electron chi connectivity index (χ1n) is 32.7. The van der Waals surface area contributed by atoms with Crippen LogP contribution in [0, 0.1) is 0 Å². The maximum absolute atomic E-state index is 13.4. The SMILES string of the molecule is CC/C=C\C/C=C\C/C=C\C/C=C\C/C=C\C/C=C\CCCCCCC(=O)OC1C(OCC(NC(=O)C(O)CCCCCCCC/C=C\C/C=C\CCCCC)C(O)/C=C/CCCCCCCCCCCCC)OC(CO)C(O)C1O. The molecule has 1 aliphatic rings. The van der Waals surface area contributed by atoms with Crippen LogP contribution in [0.3, 0.4) is 0 Å². The van der Waals surface area contributed by atoms with Gasteiger partial charge in [-0.05, 0) is 109 Å². The molecule has 1 amide bonds. The third kappa shape index (κ3) is 44.5. The normalized spacial score (nSPS) is 19.4. The molecule has 11 nitrogen and oxygen atoms in total. The predicted molar refractivity (Wildman–Crippen MR) is 338 cm³/mol. The molecule has 0 aromatic carbocycles. The maximum atomic E-state index is 13.4. The van der Waals surface area contributed by atoms with Crippen molar-refractivity contribution in [3.05, 3.63) is 109 Å². The van der Waals surface area contributed by atoms with Crippen LogP contribution >= 0.6 is 0 Å². The number of hydrogen-bond donors (Lipinski definition) is 6. The van der Waals surface area contributed by atoms with Gasteiger partial charge in [0.25, 0.3) is 0 Å². The fraction of sp³-hybridized carbons (Fsp3) is 0.714. The standard InChI is InChI=1S/C70H119NO10/c1-4-7-10-13-16-19-22-25-27-29-30-31-32-33-34-35-37-40-43-46-49-52-55-58-65(75)81-68-67(77)66(76)64(59-72)80-70(68)79-60-61(62(73)56-53-50-47-44-41-38-24-21-18-15-12-9-6-3)71-69(78)63(74)57-54-51-48-45-42-39-36-28-26-23-20-17-14-11-8-5-2/h7,10,16-17,19-20,25-28,30-31,33-34,37,40,53,56,61-64,66-68,70,72-74,76-77H,4-6,8-9,11-15,18,21-24,29,32,35-36,38-39,41-52,54-55,57-60H2,1-3H3,(H,71,78)/b10-7-,19-16-,20-17-,27-25-,28-26-,31-30-,34-33-,40-37-,56-53+. The number of amides is 1. The van der Waals surface area contributed by atoms with E-state index in [2.05, 4.69) is 123 Å². The molecule has 81 heavy (non-hydrogen) atoms. The summed E-state index contributed by atoms with van der Waals surface area (Å²) in [5, 5.41) is 57.1. The minimum atomic E-state index is -1.63. The van der Waals surface area contributed by atoms with Gasteiger partial charge in [-0.15, -0.1) is 0 Å². The van der Waals surface area contributed by atoms with Crippen molar-refractivity contribution in [1.82, 2.24) is 5.32 Å². The Morgan fingerprint density at radius 2 is 0.889 bits per heavy atom. The van der Waals surface area contributed by atoms with Crippen LogP contribution < -0.4 is 5.32 Å². The van der Waals surface area contributed by atoms with Crippen LogP contribution in [0.25, 0.3) is 0 Å². The number of aliphatic hydroxyl groups is 5. The summed E-state index contributed by atoms with van der Waals surface area (Å²) in [6.45, 7) is 5.63. The second-order valence-electron chi connectivity index (χ2n) is 22.1. The average molecular weight is 1130 g/mol. The molecule has 0 spiro atoms. The number of nitrogens with one attached hydrogen (secondary N) is 1. The van der Waals surface area contributed by atoms with Crippen LogP contribution in [-0.4, -0.2) is 99.6 Å². The van der Waals surface area contributed by atoms with Gasteiger partial charge < -0.3 is 45.1 Å². The number of aliphatic hydroxyl groups excluding tert-OH is 5. The highest BCUT2D eigenvalue weighted by Crippen LogP contribution is 2.26. The van der Waals surface area contributed by atoms with Gasteiger partial charge in [-0.1, -0.05) is 252 Å². The quantitative estimate of drug-likeness (QED) is 0.0195. The summed E-state index contributed by atoms with van der Waals surface area (Å²) in [7, 11) is 0. The summed E-state index contributed by atoms with van der Waals surface area (Å²) in [4.78, 5) is 26.6. The summed E-state index contributed by atoms with van der Waals surface area (Å²) < 4.78 is 17.6. The molecule has 0 bridgehead atoms. The van der Waals surface area contributed by atoms with Gasteiger partial charge in [0.05, 0.1) is 25.4 Å². The largest absolute Gasteiger partial charge is 0.454 e. The molecule has 8 unspecified atom stereocenters. The number of hydrogen-bond acceptors (Lipinski definition) is 10. The minimum absolute atomic E-state index is 0.0871. The van der Waals surface area contributed by atoms with Crippen LogP contribution in [0.2, 0.25) is 0 Å². The first kappa shape index (κ1) is 75.3. The molecule has 1 fully saturated rings. The Balaban J connectivity index is 2.68. The van der Waals surface area contributed by atoms with Crippen LogP contribution in [-0.2, 0) is 23.8 Å². The van der Waals surface area contributed by atoms with Gasteiger partial charge in [0, 0.05) is 6.42 Å². The summed E-state index contributed by atoms with van der Waals surface area (Å²) >= 11 is 0. The minimum Gasteiger partial charge on any atom is -0.454 e. The third-order valence-corrected chi connectivity index (χ3v) is 14.7.